The molecule has 0 amide bonds. The van der Waals surface area contributed by atoms with Gasteiger partial charge in [-0.2, -0.15) is 0 Å². The fraction of sp³-hybridized carbons (Fsp3) is 0.294. The fourth-order valence-electron chi connectivity index (χ4n) is 2.65. The number of rotatable bonds is 3. The van der Waals surface area contributed by atoms with Gasteiger partial charge in [-0.25, -0.2) is 8.78 Å². The highest BCUT2D eigenvalue weighted by Crippen LogP contribution is 2.25. The first-order valence-electron chi connectivity index (χ1n) is 7.15. The summed E-state index contributed by atoms with van der Waals surface area (Å²) < 4.78 is 33.2. The van der Waals surface area contributed by atoms with E-state index in [0.29, 0.717) is 18.7 Å². The van der Waals surface area contributed by atoms with Gasteiger partial charge in [0, 0.05) is 24.1 Å². The van der Waals surface area contributed by atoms with Gasteiger partial charge in [-0.05, 0) is 35.4 Å². The van der Waals surface area contributed by atoms with Crippen LogP contribution in [0.15, 0.2) is 46.9 Å². The van der Waals surface area contributed by atoms with Gasteiger partial charge in [0.1, 0.15) is 0 Å². The Kier molecular flexibility index (Phi) is 4.86. The largest absolute Gasteiger partial charge is 0.371 e. The van der Waals surface area contributed by atoms with Gasteiger partial charge in [-0.1, -0.05) is 34.1 Å². The SMILES string of the molecule is Fc1ccc(C2CN(Cc3cccc(Br)c3)CCO2)cc1F. The second-order valence-corrected chi connectivity index (χ2v) is 6.31. The molecule has 0 aliphatic carbocycles. The van der Waals surface area contributed by atoms with Crippen LogP contribution in [0.5, 0.6) is 0 Å². The van der Waals surface area contributed by atoms with Gasteiger partial charge in [-0.15, -0.1) is 0 Å². The van der Waals surface area contributed by atoms with Gasteiger partial charge < -0.3 is 4.74 Å². The lowest BCUT2D eigenvalue weighted by atomic mass is 10.1. The minimum atomic E-state index is -0.829. The van der Waals surface area contributed by atoms with Crippen molar-refractivity contribution in [1.82, 2.24) is 4.90 Å². The summed E-state index contributed by atoms with van der Waals surface area (Å²) in [7, 11) is 0. The van der Waals surface area contributed by atoms with E-state index >= 15 is 0 Å². The molecule has 0 saturated carbocycles. The predicted octanol–water partition coefficient (Wildman–Crippen LogP) is 4.30. The van der Waals surface area contributed by atoms with Crippen molar-refractivity contribution in [3.05, 3.63) is 69.7 Å². The van der Waals surface area contributed by atoms with Gasteiger partial charge >= 0.3 is 0 Å². The Bertz CT molecular complexity index is 665. The number of benzene rings is 2. The molecule has 22 heavy (non-hydrogen) atoms. The standard InChI is InChI=1S/C17H16BrF2NO/c18-14-3-1-2-12(8-14)10-21-6-7-22-17(11-21)13-4-5-15(19)16(20)9-13/h1-5,8-9,17H,6-7,10-11H2. The van der Waals surface area contributed by atoms with Crippen LogP contribution in [0, 0.1) is 11.6 Å². The van der Waals surface area contributed by atoms with E-state index in [9.17, 15) is 8.78 Å². The summed E-state index contributed by atoms with van der Waals surface area (Å²) in [4.78, 5) is 2.26. The van der Waals surface area contributed by atoms with E-state index in [1.54, 1.807) is 6.07 Å². The molecular weight excluding hydrogens is 352 g/mol. The van der Waals surface area contributed by atoms with Gasteiger partial charge in [-0.3, -0.25) is 4.90 Å². The molecule has 2 aromatic rings. The lowest BCUT2D eigenvalue weighted by Crippen LogP contribution is -2.37. The Labute approximate surface area is 136 Å². The van der Waals surface area contributed by atoms with E-state index < -0.39 is 11.6 Å². The molecule has 1 atom stereocenters. The summed E-state index contributed by atoms with van der Waals surface area (Å²) in [6, 6.07) is 12.1. The highest BCUT2D eigenvalue weighted by molar-refractivity contribution is 9.10. The minimum Gasteiger partial charge on any atom is -0.371 e. The summed E-state index contributed by atoms with van der Waals surface area (Å²) >= 11 is 3.47. The molecule has 0 spiro atoms. The van der Waals surface area contributed by atoms with E-state index in [4.69, 9.17) is 4.74 Å². The molecule has 0 bridgehead atoms. The Hall–Kier alpha value is -1.30. The second kappa shape index (κ2) is 6.86. The lowest BCUT2D eigenvalue weighted by Gasteiger charge is -2.33. The van der Waals surface area contributed by atoms with Crippen LogP contribution < -0.4 is 0 Å². The summed E-state index contributed by atoms with van der Waals surface area (Å²) in [5, 5.41) is 0. The van der Waals surface area contributed by atoms with Crippen molar-refractivity contribution >= 4 is 15.9 Å². The highest BCUT2D eigenvalue weighted by atomic mass is 79.9. The third-order valence-electron chi connectivity index (χ3n) is 3.76. The number of nitrogens with zero attached hydrogens (tertiary/aromatic N) is 1. The Morgan fingerprint density at radius 1 is 1.14 bits per heavy atom. The Morgan fingerprint density at radius 3 is 2.77 bits per heavy atom. The number of ether oxygens (including phenoxy) is 1. The molecule has 1 heterocycles. The molecule has 5 heteroatoms. The van der Waals surface area contributed by atoms with Crippen molar-refractivity contribution in [1.29, 1.82) is 0 Å². The number of hydrogen-bond acceptors (Lipinski definition) is 2. The molecule has 2 nitrogen and oxygen atoms in total. The van der Waals surface area contributed by atoms with E-state index in [-0.39, 0.29) is 6.10 Å². The molecular formula is C17H16BrF2NO. The second-order valence-electron chi connectivity index (χ2n) is 5.40. The summed E-state index contributed by atoms with van der Waals surface area (Å²) in [6.45, 7) is 2.88. The van der Waals surface area contributed by atoms with Crippen LogP contribution in [-0.2, 0) is 11.3 Å². The minimum absolute atomic E-state index is 0.226. The topological polar surface area (TPSA) is 12.5 Å². The zero-order chi connectivity index (χ0) is 15.5. The molecule has 0 aromatic heterocycles. The van der Waals surface area contributed by atoms with Gasteiger partial charge in [0.25, 0.3) is 0 Å². The fourth-order valence-corrected chi connectivity index (χ4v) is 3.10. The number of halogens is 3. The lowest BCUT2D eigenvalue weighted by molar-refractivity contribution is -0.0330. The maximum absolute atomic E-state index is 13.4. The van der Waals surface area contributed by atoms with Crippen molar-refractivity contribution in [2.24, 2.45) is 0 Å². The predicted molar refractivity (Wildman–Crippen MR) is 84.5 cm³/mol. The molecule has 1 unspecified atom stereocenters. The summed E-state index contributed by atoms with van der Waals surface area (Å²) in [5.41, 5.74) is 1.89. The van der Waals surface area contributed by atoms with Crippen LogP contribution in [0.3, 0.4) is 0 Å². The number of hydrogen-bond donors (Lipinski definition) is 0. The maximum Gasteiger partial charge on any atom is 0.159 e. The van der Waals surface area contributed by atoms with Crippen molar-refractivity contribution < 1.29 is 13.5 Å². The van der Waals surface area contributed by atoms with Crippen LogP contribution in [0.25, 0.3) is 0 Å². The van der Waals surface area contributed by atoms with Gasteiger partial charge in [0.05, 0.1) is 12.7 Å². The van der Waals surface area contributed by atoms with Crippen molar-refractivity contribution in [3.8, 4) is 0 Å². The van der Waals surface area contributed by atoms with E-state index in [2.05, 4.69) is 33.0 Å². The van der Waals surface area contributed by atoms with Gasteiger partial charge in [0.2, 0.25) is 0 Å². The van der Waals surface area contributed by atoms with Crippen molar-refractivity contribution in [2.45, 2.75) is 12.6 Å². The monoisotopic (exact) mass is 367 g/mol. The molecule has 3 rings (SSSR count). The highest BCUT2D eigenvalue weighted by Gasteiger charge is 2.23. The molecule has 116 valence electrons. The first-order chi connectivity index (χ1) is 10.6. The maximum atomic E-state index is 13.4. The third-order valence-corrected chi connectivity index (χ3v) is 4.25. The Balaban J connectivity index is 1.69. The molecule has 0 N–H and O–H groups in total. The van der Waals surface area contributed by atoms with Crippen LogP contribution >= 0.6 is 15.9 Å². The van der Waals surface area contributed by atoms with Crippen molar-refractivity contribution in [2.75, 3.05) is 19.7 Å². The smallest absolute Gasteiger partial charge is 0.159 e. The third kappa shape index (κ3) is 3.72. The number of morpholine rings is 1. The van der Waals surface area contributed by atoms with Gasteiger partial charge in [0.15, 0.2) is 11.6 Å². The first kappa shape index (κ1) is 15.6. The van der Waals surface area contributed by atoms with Crippen LogP contribution in [0.2, 0.25) is 0 Å². The zero-order valence-corrected chi connectivity index (χ0v) is 13.5. The van der Waals surface area contributed by atoms with Crippen LogP contribution in [0.1, 0.15) is 17.2 Å². The van der Waals surface area contributed by atoms with Crippen molar-refractivity contribution in [3.63, 3.8) is 0 Å². The summed E-state index contributed by atoms with van der Waals surface area (Å²) in [6.07, 6.45) is -0.226. The Morgan fingerprint density at radius 2 is 2.00 bits per heavy atom. The summed E-state index contributed by atoms with van der Waals surface area (Å²) in [5.74, 6) is -1.66. The van der Waals surface area contributed by atoms with Crippen LogP contribution in [0.4, 0.5) is 8.78 Å². The van der Waals surface area contributed by atoms with E-state index in [0.717, 1.165) is 23.6 Å². The molecule has 1 aliphatic rings. The average molecular weight is 368 g/mol. The normalized spacial score (nSPS) is 19.3. The molecule has 1 saturated heterocycles. The molecule has 0 radical (unpaired) electrons. The quantitative estimate of drug-likeness (QED) is 0.801. The van der Waals surface area contributed by atoms with E-state index in [1.807, 2.05) is 12.1 Å². The molecule has 1 aliphatic heterocycles. The zero-order valence-electron chi connectivity index (χ0n) is 11.9. The van der Waals surface area contributed by atoms with E-state index in [1.165, 1.54) is 11.6 Å². The first-order valence-corrected chi connectivity index (χ1v) is 7.94. The van der Waals surface area contributed by atoms with Crippen LogP contribution in [-0.4, -0.2) is 24.6 Å². The average Bonchev–Trinajstić information content (AvgIpc) is 2.50. The molecule has 1 fully saturated rings. The molecule has 2 aromatic carbocycles.